The molecule has 7 nitrogen and oxygen atoms in total. The zero-order chi connectivity index (χ0) is 16.8. The van der Waals surface area contributed by atoms with Crippen molar-refractivity contribution < 1.29 is 9.21 Å². The number of thioether (sulfide) groups is 1. The Morgan fingerprint density at radius 1 is 1.21 bits per heavy atom. The summed E-state index contributed by atoms with van der Waals surface area (Å²) in [4.78, 5) is 11.5. The van der Waals surface area contributed by atoms with Crippen molar-refractivity contribution in [1.29, 1.82) is 0 Å². The molecular weight excluding hydrogens is 346 g/mol. The number of nitrogens with zero attached hydrogens (tertiary/aromatic N) is 4. The van der Waals surface area contributed by atoms with Gasteiger partial charge in [-0.25, -0.2) is 0 Å². The Labute approximate surface area is 146 Å². The van der Waals surface area contributed by atoms with Crippen LogP contribution in [0.4, 0.5) is 5.13 Å². The van der Waals surface area contributed by atoms with Gasteiger partial charge in [0.25, 0.3) is 0 Å². The molecule has 0 spiro atoms. The number of hydrogen-bond donors (Lipinski definition) is 1. The van der Waals surface area contributed by atoms with E-state index in [1.165, 1.54) is 23.1 Å². The standard InChI is InChI=1S/C15H15N5O2S2/c1-2-6-11(21)16-14-19-20-15(24-14)23-9-12-17-18-13(22-12)10-7-4-3-5-8-10/h3-5,7-8H,2,6,9H2,1H3,(H,16,19,21). The second-order valence-electron chi connectivity index (χ2n) is 4.83. The van der Waals surface area contributed by atoms with Crippen molar-refractivity contribution in [1.82, 2.24) is 20.4 Å². The van der Waals surface area contributed by atoms with Crippen LogP contribution in [0, 0.1) is 0 Å². The zero-order valence-electron chi connectivity index (χ0n) is 12.9. The van der Waals surface area contributed by atoms with Crippen LogP contribution in [-0.2, 0) is 10.5 Å². The maximum atomic E-state index is 11.5. The maximum absolute atomic E-state index is 11.5. The number of anilines is 1. The molecule has 0 fully saturated rings. The number of benzene rings is 1. The summed E-state index contributed by atoms with van der Waals surface area (Å²) in [5, 5.41) is 19.3. The predicted molar refractivity (Wildman–Crippen MR) is 92.7 cm³/mol. The van der Waals surface area contributed by atoms with Crippen LogP contribution in [0.2, 0.25) is 0 Å². The molecule has 3 rings (SSSR count). The van der Waals surface area contributed by atoms with Gasteiger partial charge >= 0.3 is 0 Å². The Morgan fingerprint density at radius 3 is 2.83 bits per heavy atom. The molecule has 0 aliphatic rings. The molecule has 1 amide bonds. The Balaban J connectivity index is 1.56. The van der Waals surface area contributed by atoms with Crippen molar-refractivity contribution in [3.05, 3.63) is 36.2 Å². The SMILES string of the molecule is CCCC(=O)Nc1nnc(SCc2nnc(-c3ccccc3)o2)s1. The van der Waals surface area contributed by atoms with Crippen LogP contribution in [0.25, 0.3) is 11.5 Å². The summed E-state index contributed by atoms with van der Waals surface area (Å²) in [6.45, 7) is 1.95. The van der Waals surface area contributed by atoms with Crippen LogP contribution in [-0.4, -0.2) is 26.3 Å². The highest BCUT2D eigenvalue weighted by atomic mass is 32.2. The molecule has 0 saturated carbocycles. The van der Waals surface area contributed by atoms with Gasteiger partial charge in [-0.3, -0.25) is 4.79 Å². The van der Waals surface area contributed by atoms with Crippen molar-refractivity contribution in [3.8, 4) is 11.5 Å². The lowest BCUT2D eigenvalue weighted by molar-refractivity contribution is -0.116. The quantitative estimate of drug-likeness (QED) is 0.507. The molecule has 0 aliphatic carbocycles. The van der Waals surface area contributed by atoms with E-state index < -0.39 is 0 Å². The lowest BCUT2D eigenvalue weighted by Crippen LogP contribution is -2.10. The lowest BCUT2D eigenvalue weighted by atomic mass is 10.2. The average molecular weight is 361 g/mol. The second kappa shape index (κ2) is 8.02. The fraction of sp³-hybridized carbons (Fsp3) is 0.267. The number of carbonyl (C=O) groups is 1. The summed E-state index contributed by atoms with van der Waals surface area (Å²) >= 11 is 2.77. The van der Waals surface area contributed by atoms with Gasteiger partial charge in [0.05, 0.1) is 5.75 Å². The Kier molecular flexibility index (Phi) is 5.55. The van der Waals surface area contributed by atoms with Gasteiger partial charge < -0.3 is 9.73 Å². The van der Waals surface area contributed by atoms with Gasteiger partial charge in [-0.2, -0.15) is 0 Å². The molecule has 1 aromatic carbocycles. The number of carbonyl (C=O) groups excluding carboxylic acids is 1. The van der Waals surface area contributed by atoms with Crippen molar-refractivity contribution in [3.63, 3.8) is 0 Å². The molecule has 124 valence electrons. The third-order valence-corrected chi connectivity index (χ3v) is 4.89. The van der Waals surface area contributed by atoms with Gasteiger partial charge in [0, 0.05) is 12.0 Å². The minimum Gasteiger partial charge on any atom is -0.420 e. The van der Waals surface area contributed by atoms with Crippen LogP contribution in [0.3, 0.4) is 0 Å². The molecule has 0 bridgehead atoms. The monoisotopic (exact) mass is 361 g/mol. The summed E-state index contributed by atoms with van der Waals surface area (Å²) in [7, 11) is 0. The molecule has 0 unspecified atom stereocenters. The highest BCUT2D eigenvalue weighted by Gasteiger charge is 2.12. The maximum Gasteiger partial charge on any atom is 0.247 e. The Bertz CT molecular complexity index is 803. The van der Waals surface area contributed by atoms with E-state index in [0.29, 0.717) is 29.1 Å². The van der Waals surface area contributed by atoms with Crippen LogP contribution >= 0.6 is 23.1 Å². The van der Waals surface area contributed by atoms with Gasteiger partial charge in [0.2, 0.25) is 22.8 Å². The molecule has 0 atom stereocenters. The van der Waals surface area contributed by atoms with Crippen LogP contribution in [0.1, 0.15) is 25.7 Å². The van der Waals surface area contributed by atoms with Crippen LogP contribution in [0.5, 0.6) is 0 Å². The first kappa shape index (κ1) is 16.6. The van der Waals surface area contributed by atoms with E-state index in [0.717, 1.165) is 16.3 Å². The van der Waals surface area contributed by atoms with Crippen molar-refractivity contribution in [2.24, 2.45) is 0 Å². The zero-order valence-corrected chi connectivity index (χ0v) is 14.6. The minimum atomic E-state index is -0.0467. The molecule has 2 aromatic heterocycles. The lowest BCUT2D eigenvalue weighted by Gasteiger charge is -1.96. The molecule has 24 heavy (non-hydrogen) atoms. The summed E-state index contributed by atoms with van der Waals surface area (Å²) in [5.41, 5.74) is 0.887. The summed E-state index contributed by atoms with van der Waals surface area (Å²) in [6.07, 6.45) is 1.28. The number of rotatable bonds is 7. The number of aromatic nitrogens is 4. The molecular formula is C15H15N5O2S2. The first-order chi connectivity index (χ1) is 11.7. The second-order valence-corrected chi connectivity index (χ2v) is 7.03. The van der Waals surface area contributed by atoms with E-state index in [1.807, 2.05) is 37.3 Å². The summed E-state index contributed by atoms with van der Waals surface area (Å²) in [6, 6.07) is 9.61. The molecule has 3 aromatic rings. The fourth-order valence-corrected chi connectivity index (χ4v) is 3.47. The number of amides is 1. The third kappa shape index (κ3) is 4.39. The van der Waals surface area contributed by atoms with Crippen molar-refractivity contribution >= 4 is 34.1 Å². The third-order valence-electron chi connectivity index (χ3n) is 2.94. The highest BCUT2D eigenvalue weighted by Crippen LogP contribution is 2.28. The highest BCUT2D eigenvalue weighted by molar-refractivity contribution is 8.00. The van der Waals surface area contributed by atoms with E-state index in [9.17, 15) is 4.79 Å². The Hall–Kier alpha value is -2.26. The van der Waals surface area contributed by atoms with E-state index in [1.54, 1.807) is 0 Å². The van der Waals surface area contributed by atoms with Gasteiger partial charge in [-0.1, -0.05) is 48.2 Å². The smallest absolute Gasteiger partial charge is 0.247 e. The molecule has 0 radical (unpaired) electrons. The largest absolute Gasteiger partial charge is 0.420 e. The number of nitrogens with one attached hydrogen (secondary N) is 1. The molecule has 0 aliphatic heterocycles. The van der Waals surface area contributed by atoms with E-state index in [4.69, 9.17) is 4.42 Å². The van der Waals surface area contributed by atoms with E-state index in [-0.39, 0.29) is 5.91 Å². The van der Waals surface area contributed by atoms with E-state index >= 15 is 0 Å². The van der Waals surface area contributed by atoms with E-state index in [2.05, 4.69) is 25.7 Å². The van der Waals surface area contributed by atoms with Crippen LogP contribution < -0.4 is 5.32 Å². The summed E-state index contributed by atoms with van der Waals surface area (Å²) in [5.74, 6) is 1.47. The molecule has 9 heteroatoms. The predicted octanol–water partition coefficient (Wildman–Crippen LogP) is 3.62. The van der Waals surface area contributed by atoms with Crippen LogP contribution in [0.15, 0.2) is 39.1 Å². The number of hydrogen-bond acceptors (Lipinski definition) is 8. The van der Waals surface area contributed by atoms with Crippen molar-refractivity contribution in [2.75, 3.05) is 5.32 Å². The Morgan fingerprint density at radius 2 is 2.04 bits per heavy atom. The van der Waals surface area contributed by atoms with Gasteiger partial charge in [-0.05, 0) is 18.6 Å². The van der Waals surface area contributed by atoms with Crippen molar-refractivity contribution in [2.45, 2.75) is 29.9 Å². The topological polar surface area (TPSA) is 93.8 Å². The minimum absolute atomic E-state index is 0.0467. The van der Waals surface area contributed by atoms with Gasteiger partial charge in [-0.15, -0.1) is 20.4 Å². The summed E-state index contributed by atoms with van der Waals surface area (Å²) < 4.78 is 6.38. The molecule has 2 heterocycles. The van der Waals surface area contributed by atoms with Gasteiger partial charge in [0.1, 0.15) is 0 Å². The average Bonchev–Trinajstić information content (AvgIpc) is 3.23. The first-order valence-electron chi connectivity index (χ1n) is 7.38. The first-order valence-corrected chi connectivity index (χ1v) is 9.18. The normalized spacial score (nSPS) is 10.7. The molecule has 0 saturated heterocycles. The fourth-order valence-electron chi connectivity index (χ4n) is 1.86. The van der Waals surface area contributed by atoms with Gasteiger partial charge in [0.15, 0.2) is 4.34 Å². The molecule has 1 N–H and O–H groups in total.